The average molecular weight is 213 g/mol. The van der Waals surface area contributed by atoms with Gasteiger partial charge in [0, 0.05) is 24.6 Å². The second-order valence-corrected chi connectivity index (χ2v) is 5.36. The summed E-state index contributed by atoms with van der Waals surface area (Å²) in [6, 6.07) is 0.577. The molecule has 0 aliphatic carbocycles. The molecule has 90 valence electrons. The zero-order valence-corrected chi connectivity index (χ0v) is 10.8. The maximum atomic E-state index is 5.70. The van der Waals surface area contributed by atoms with E-state index in [0.29, 0.717) is 11.5 Å². The largest absolute Gasteiger partial charge is 0.381 e. The Kier molecular flexibility index (Phi) is 5.07. The molecule has 0 bridgehead atoms. The summed E-state index contributed by atoms with van der Waals surface area (Å²) in [6.45, 7) is 12.1. The maximum absolute atomic E-state index is 5.70. The van der Waals surface area contributed by atoms with Gasteiger partial charge < -0.3 is 10.1 Å². The van der Waals surface area contributed by atoms with Crippen molar-refractivity contribution in [2.75, 3.05) is 19.8 Å². The molecule has 0 aromatic heterocycles. The van der Waals surface area contributed by atoms with Gasteiger partial charge in [-0.2, -0.15) is 0 Å². The lowest BCUT2D eigenvalue weighted by atomic mass is 9.71. The van der Waals surface area contributed by atoms with E-state index in [1.165, 1.54) is 19.3 Å². The minimum Gasteiger partial charge on any atom is -0.381 e. The van der Waals surface area contributed by atoms with Gasteiger partial charge in [0.2, 0.25) is 0 Å². The van der Waals surface area contributed by atoms with Crippen LogP contribution in [0.5, 0.6) is 0 Å². The molecule has 0 spiro atoms. The van der Waals surface area contributed by atoms with E-state index < -0.39 is 0 Å². The Balaban J connectivity index is 2.58. The molecule has 1 aliphatic rings. The van der Waals surface area contributed by atoms with Crippen LogP contribution in [-0.4, -0.2) is 25.8 Å². The van der Waals surface area contributed by atoms with Gasteiger partial charge in [0.05, 0.1) is 6.61 Å². The highest BCUT2D eigenvalue weighted by Gasteiger charge is 2.37. The van der Waals surface area contributed by atoms with E-state index in [-0.39, 0.29) is 0 Å². The van der Waals surface area contributed by atoms with Gasteiger partial charge in [-0.3, -0.25) is 0 Å². The van der Waals surface area contributed by atoms with Crippen LogP contribution in [0.25, 0.3) is 0 Å². The summed E-state index contributed by atoms with van der Waals surface area (Å²) in [7, 11) is 0. The van der Waals surface area contributed by atoms with Gasteiger partial charge in [-0.25, -0.2) is 0 Å². The number of hydrogen-bond acceptors (Lipinski definition) is 2. The molecule has 0 saturated carbocycles. The van der Waals surface area contributed by atoms with Crippen molar-refractivity contribution in [3.8, 4) is 0 Å². The molecule has 2 nitrogen and oxygen atoms in total. The number of rotatable bonds is 5. The molecule has 1 N–H and O–H groups in total. The smallest absolute Gasteiger partial charge is 0.0537 e. The molecule has 1 fully saturated rings. The van der Waals surface area contributed by atoms with Crippen molar-refractivity contribution < 1.29 is 4.74 Å². The van der Waals surface area contributed by atoms with Crippen LogP contribution in [0, 0.1) is 11.3 Å². The van der Waals surface area contributed by atoms with Crippen molar-refractivity contribution in [3.63, 3.8) is 0 Å². The molecule has 0 amide bonds. The van der Waals surface area contributed by atoms with Gasteiger partial charge in [-0.15, -0.1) is 0 Å². The Morgan fingerprint density at radius 3 is 2.53 bits per heavy atom. The summed E-state index contributed by atoms with van der Waals surface area (Å²) in [5, 5.41) is 3.59. The van der Waals surface area contributed by atoms with E-state index in [2.05, 4.69) is 33.0 Å². The first-order valence-corrected chi connectivity index (χ1v) is 6.42. The van der Waals surface area contributed by atoms with Crippen LogP contribution in [0.4, 0.5) is 0 Å². The monoisotopic (exact) mass is 213 g/mol. The predicted molar refractivity (Wildman–Crippen MR) is 65.1 cm³/mol. The predicted octanol–water partition coefficient (Wildman–Crippen LogP) is 2.83. The molecular weight excluding hydrogens is 186 g/mol. The molecule has 0 radical (unpaired) electrons. The van der Waals surface area contributed by atoms with Crippen molar-refractivity contribution in [2.45, 2.75) is 53.0 Å². The van der Waals surface area contributed by atoms with Crippen LogP contribution >= 0.6 is 0 Å². The van der Waals surface area contributed by atoms with Gasteiger partial charge in [0.15, 0.2) is 0 Å². The lowest BCUT2D eigenvalue weighted by Crippen LogP contribution is -2.47. The van der Waals surface area contributed by atoms with E-state index in [9.17, 15) is 0 Å². The minimum absolute atomic E-state index is 0.386. The average Bonchev–Trinajstić information content (AvgIpc) is 2.26. The molecule has 1 aliphatic heterocycles. The van der Waals surface area contributed by atoms with Crippen LogP contribution in [0.3, 0.4) is 0 Å². The lowest BCUT2D eigenvalue weighted by Gasteiger charge is -2.42. The van der Waals surface area contributed by atoms with E-state index in [4.69, 9.17) is 4.74 Å². The van der Waals surface area contributed by atoms with Crippen molar-refractivity contribution in [1.82, 2.24) is 5.32 Å². The molecule has 2 heteroatoms. The Bertz CT molecular complexity index is 173. The summed E-state index contributed by atoms with van der Waals surface area (Å²) < 4.78 is 5.70. The van der Waals surface area contributed by atoms with Gasteiger partial charge in [-0.05, 0) is 18.8 Å². The molecule has 0 aromatic carbocycles. The van der Waals surface area contributed by atoms with Crippen LogP contribution < -0.4 is 5.32 Å². The fourth-order valence-electron chi connectivity index (χ4n) is 2.42. The number of ether oxygens (including phenoxy) is 1. The molecule has 15 heavy (non-hydrogen) atoms. The third-order valence-corrected chi connectivity index (χ3v) is 3.87. The molecule has 2 unspecified atom stereocenters. The van der Waals surface area contributed by atoms with Crippen LogP contribution in [0.1, 0.15) is 47.0 Å². The Labute approximate surface area is 94.8 Å². The normalized spacial score (nSPS) is 29.4. The van der Waals surface area contributed by atoms with Crippen LogP contribution in [-0.2, 0) is 4.74 Å². The van der Waals surface area contributed by atoms with E-state index in [0.717, 1.165) is 25.7 Å². The summed E-state index contributed by atoms with van der Waals surface area (Å²) in [5.74, 6) is 0.754. The van der Waals surface area contributed by atoms with Crippen LogP contribution in [0.2, 0.25) is 0 Å². The third-order valence-electron chi connectivity index (χ3n) is 3.87. The maximum Gasteiger partial charge on any atom is 0.0537 e. The summed E-state index contributed by atoms with van der Waals surface area (Å²) in [5.41, 5.74) is 0.386. The van der Waals surface area contributed by atoms with E-state index in [1.807, 2.05) is 0 Å². The first-order chi connectivity index (χ1) is 7.10. The van der Waals surface area contributed by atoms with Crippen molar-refractivity contribution in [1.29, 1.82) is 0 Å². The Morgan fingerprint density at radius 1 is 1.33 bits per heavy atom. The highest BCUT2D eigenvalue weighted by Crippen LogP contribution is 2.37. The van der Waals surface area contributed by atoms with Gasteiger partial charge in [0.25, 0.3) is 0 Å². The quantitative estimate of drug-likeness (QED) is 0.758. The summed E-state index contributed by atoms with van der Waals surface area (Å²) in [4.78, 5) is 0. The molecular formula is C13H27NO. The summed E-state index contributed by atoms with van der Waals surface area (Å²) >= 11 is 0. The second kappa shape index (κ2) is 5.86. The highest BCUT2D eigenvalue weighted by atomic mass is 16.5. The van der Waals surface area contributed by atoms with E-state index in [1.54, 1.807) is 0 Å². The summed E-state index contributed by atoms with van der Waals surface area (Å²) in [6.07, 6.45) is 3.80. The lowest BCUT2D eigenvalue weighted by molar-refractivity contribution is -0.0392. The third kappa shape index (κ3) is 3.46. The SMILES string of the molecule is CCC(C)C1(CNC(C)C)CCCOC1. The molecule has 0 aromatic rings. The Hall–Kier alpha value is -0.0800. The topological polar surface area (TPSA) is 21.3 Å². The second-order valence-electron chi connectivity index (χ2n) is 5.36. The molecule has 1 rings (SSSR count). The zero-order valence-electron chi connectivity index (χ0n) is 10.8. The number of hydrogen-bond donors (Lipinski definition) is 1. The number of nitrogens with one attached hydrogen (secondary N) is 1. The fourth-order valence-corrected chi connectivity index (χ4v) is 2.42. The van der Waals surface area contributed by atoms with Gasteiger partial charge >= 0.3 is 0 Å². The van der Waals surface area contributed by atoms with Crippen LogP contribution in [0.15, 0.2) is 0 Å². The fraction of sp³-hybridized carbons (Fsp3) is 1.00. The zero-order chi connectivity index (χ0) is 11.3. The van der Waals surface area contributed by atoms with Crippen molar-refractivity contribution in [3.05, 3.63) is 0 Å². The van der Waals surface area contributed by atoms with Gasteiger partial charge in [0.1, 0.15) is 0 Å². The molecule has 1 heterocycles. The standard InChI is InChI=1S/C13H27NO/c1-5-12(4)13(9-14-11(2)3)7-6-8-15-10-13/h11-12,14H,5-10H2,1-4H3. The molecule has 2 atom stereocenters. The molecule has 1 saturated heterocycles. The first kappa shape index (κ1) is 13.0. The van der Waals surface area contributed by atoms with Crippen molar-refractivity contribution in [2.24, 2.45) is 11.3 Å². The highest BCUT2D eigenvalue weighted by molar-refractivity contribution is 4.88. The first-order valence-electron chi connectivity index (χ1n) is 6.42. The Morgan fingerprint density at radius 2 is 2.07 bits per heavy atom. The van der Waals surface area contributed by atoms with Crippen molar-refractivity contribution >= 4 is 0 Å². The minimum atomic E-state index is 0.386. The van der Waals surface area contributed by atoms with Gasteiger partial charge in [-0.1, -0.05) is 34.1 Å². The van der Waals surface area contributed by atoms with E-state index >= 15 is 0 Å².